The van der Waals surface area contributed by atoms with Gasteiger partial charge in [-0.25, -0.2) is 4.98 Å². The number of pyridine rings is 2. The normalized spacial score (nSPS) is 16.6. The molecule has 0 saturated heterocycles. The first-order chi connectivity index (χ1) is 17.8. The molecule has 37 heavy (non-hydrogen) atoms. The second-order valence-corrected chi connectivity index (χ2v) is 9.48. The number of benzene rings is 1. The molecule has 2 aromatic heterocycles. The van der Waals surface area contributed by atoms with E-state index in [2.05, 4.69) is 32.7 Å². The molecule has 9 nitrogen and oxygen atoms in total. The maximum Gasteiger partial charge on any atom is 0.269 e. The van der Waals surface area contributed by atoms with Crippen LogP contribution in [0, 0.1) is 11.3 Å². The first kappa shape index (κ1) is 25.8. The van der Waals surface area contributed by atoms with Crippen LogP contribution >= 0.6 is 0 Å². The fraction of sp³-hybridized carbons (Fsp3) is 0.321. The third-order valence-corrected chi connectivity index (χ3v) is 6.41. The van der Waals surface area contributed by atoms with E-state index < -0.39 is 0 Å². The lowest BCUT2D eigenvalue weighted by molar-refractivity contribution is -0.117. The third-order valence-electron chi connectivity index (χ3n) is 6.41. The lowest BCUT2D eigenvalue weighted by Gasteiger charge is -2.39. The van der Waals surface area contributed by atoms with Gasteiger partial charge >= 0.3 is 0 Å². The highest BCUT2D eigenvalue weighted by atomic mass is 16.2. The molecule has 9 heteroatoms. The molecule has 1 aromatic carbocycles. The minimum atomic E-state index is -0.205. The zero-order valence-electron chi connectivity index (χ0n) is 21.5. The summed E-state index contributed by atoms with van der Waals surface area (Å²) in [6, 6.07) is 15.1. The Morgan fingerprint density at radius 1 is 1.11 bits per heavy atom. The van der Waals surface area contributed by atoms with Gasteiger partial charge in [0, 0.05) is 49.7 Å². The molecule has 1 aliphatic heterocycles. The van der Waals surface area contributed by atoms with Crippen molar-refractivity contribution in [3.05, 3.63) is 71.7 Å². The molecule has 2 atom stereocenters. The predicted octanol–water partition coefficient (Wildman–Crippen LogP) is 3.60. The molecule has 0 radical (unpaired) electrons. The van der Waals surface area contributed by atoms with Gasteiger partial charge in [0.2, 0.25) is 5.91 Å². The van der Waals surface area contributed by atoms with Crippen molar-refractivity contribution in [2.75, 3.05) is 37.4 Å². The van der Waals surface area contributed by atoms with Crippen molar-refractivity contribution in [1.82, 2.24) is 20.2 Å². The minimum absolute atomic E-state index is 0.00121. The standard InChI is InChI=1S/C28H31N7O2/c1-18-13-25(33-27-10-5-20(15-29)16-32-27)23-14-21(7-9-26(23)35(18)19(2)36)22-6-8-24(31-17-22)28(37)30-11-12-34(3)4/h5-10,14,16-18,25H,11-13H2,1-4H3,(H,30,37)(H,32,33). The predicted molar refractivity (Wildman–Crippen MR) is 143 cm³/mol. The number of hydrogen-bond acceptors (Lipinski definition) is 7. The van der Waals surface area contributed by atoms with Crippen LogP contribution in [0.1, 0.15) is 47.9 Å². The highest BCUT2D eigenvalue weighted by Crippen LogP contribution is 2.41. The van der Waals surface area contributed by atoms with Crippen molar-refractivity contribution in [3.8, 4) is 17.2 Å². The van der Waals surface area contributed by atoms with Crippen molar-refractivity contribution >= 4 is 23.3 Å². The van der Waals surface area contributed by atoms with Crippen molar-refractivity contribution in [1.29, 1.82) is 5.26 Å². The number of nitrogens with zero attached hydrogens (tertiary/aromatic N) is 5. The van der Waals surface area contributed by atoms with E-state index in [1.165, 1.54) is 6.20 Å². The Labute approximate surface area is 217 Å². The topological polar surface area (TPSA) is 114 Å². The Bertz CT molecular complexity index is 1310. The first-order valence-electron chi connectivity index (χ1n) is 12.2. The van der Waals surface area contributed by atoms with Crippen LogP contribution in [0.5, 0.6) is 0 Å². The van der Waals surface area contributed by atoms with Gasteiger partial charge < -0.3 is 20.4 Å². The highest BCUT2D eigenvalue weighted by molar-refractivity contribution is 5.94. The number of amides is 2. The second-order valence-electron chi connectivity index (χ2n) is 9.48. The van der Waals surface area contributed by atoms with Crippen molar-refractivity contribution in [2.45, 2.75) is 32.4 Å². The summed E-state index contributed by atoms with van der Waals surface area (Å²) in [6.07, 6.45) is 3.93. The summed E-state index contributed by atoms with van der Waals surface area (Å²) in [5.74, 6) is 0.446. The highest BCUT2D eigenvalue weighted by Gasteiger charge is 2.32. The number of rotatable bonds is 7. The number of anilines is 2. The molecule has 3 heterocycles. The summed E-state index contributed by atoms with van der Waals surface area (Å²) in [6.45, 7) is 4.91. The van der Waals surface area contributed by atoms with E-state index in [1.54, 1.807) is 31.3 Å². The molecule has 4 rings (SSSR count). The number of carbonyl (C=O) groups is 2. The molecule has 2 amide bonds. The summed E-state index contributed by atoms with van der Waals surface area (Å²) in [7, 11) is 3.91. The zero-order valence-corrected chi connectivity index (χ0v) is 21.5. The van der Waals surface area contributed by atoms with Crippen LogP contribution in [-0.4, -0.2) is 59.9 Å². The number of aromatic nitrogens is 2. The maximum absolute atomic E-state index is 12.5. The van der Waals surface area contributed by atoms with Gasteiger partial charge in [0.15, 0.2) is 0 Å². The van der Waals surface area contributed by atoms with E-state index in [0.717, 1.165) is 28.9 Å². The van der Waals surface area contributed by atoms with Crippen molar-refractivity contribution in [2.24, 2.45) is 0 Å². The smallest absolute Gasteiger partial charge is 0.269 e. The monoisotopic (exact) mass is 497 g/mol. The Balaban J connectivity index is 1.61. The summed E-state index contributed by atoms with van der Waals surface area (Å²) in [5, 5.41) is 15.4. The molecule has 0 bridgehead atoms. The average molecular weight is 498 g/mol. The van der Waals surface area contributed by atoms with E-state index in [0.29, 0.717) is 30.0 Å². The molecule has 3 aromatic rings. The first-order valence-corrected chi connectivity index (χ1v) is 12.2. The van der Waals surface area contributed by atoms with Gasteiger partial charge in [0.05, 0.1) is 11.6 Å². The zero-order chi connectivity index (χ0) is 26.5. The third kappa shape index (κ3) is 5.93. The number of likely N-dealkylation sites (N-methyl/N-ethyl adjacent to an activating group) is 1. The fourth-order valence-corrected chi connectivity index (χ4v) is 4.57. The van der Waals surface area contributed by atoms with Crippen LogP contribution in [0.15, 0.2) is 54.9 Å². The van der Waals surface area contributed by atoms with Crippen molar-refractivity contribution in [3.63, 3.8) is 0 Å². The maximum atomic E-state index is 12.5. The molecule has 0 spiro atoms. The number of hydrogen-bond donors (Lipinski definition) is 2. The van der Waals surface area contributed by atoms with Crippen LogP contribution < -0.4 is 15.5 Å². The molecular formula is C28H31N7O2. The lowest BCUT2D eigenvalue weighted by atomic mass is 9.89. The van der Waals surface area contributed by atoms with Crippen LogP contribution in [0.4, 0.5) is 11.5 Å². The number of nitriles is 1. The summed E-state index contributed by atoms with van der Waals surface area (Å²) in [4.78, 5) is 37.5. The van der Waals surface area contributed by atoms with Crippen LogP contribution in [0.2, 0.25) is 0 Å². The van der Waals surface area contributed by atoms with Crippen molar-refractivity contribution < 1.29 is 9.59 Å². The fourth-order valence-electron chi connectivity index (χ4n) is 4.57. The van der Waals surface area contributed by atoms with E-state index in [4.69, 9.17) is 5.26 Å². The minimum Gasteiger partial charge on any atom is -0.363 e. The number of fused-ring (bicyclic) bond motifs is 1. The molecule has 190 valence electrons. The molecule has 2 unspecified atom stereocenters. The summed E-state index contributed by atoms with van der Waals surface area (Å²) in [5.41, 5.74) is 4.49. The summed E-state index contributed by atoms with van der Waals surface area (Å²) >= 11 is 0. The van der Waals surface area contributed by atoms with E-state index in [-0.39, 0.29) is 23.9 Å². The molecule has 0 fully saturated rings. The Morgan fingerprint density at radius 2 is 1.89 bits per heavy atom. The molecule has 0 aliphatic carbocycles. The quantitative estimate of drug-likeness (QED) is 0.513. The van der Waals surface area contributed by atoms with Gasteiger partial charge in [-0.3, -0.25) is 14.6 Å². The average Bonchev–Trinajstić information content (AvgIpc) is 2.88. The Morgan fingerprint density at radius 3 is 2.51 bits per heavy atom. The van der Waals surface area contributed by atoms with Gasteiger partial charge in [0.25, 0.3) is 5.91 Å². The number of carbonyl (C=O) groups excluding carboxylic acids is 2. The van der Waals surface area contributed by atoms with Gasteiger partial charge in [-0.2, -0.15) is 5.26 Å². The lowest BCUT2D eigenvalue weighted by Crippen LogP contribution is -2.43. The van der Waals surface area contributed by atoms with Crippen LogP contribution in [0.25, 0.3) is 11.1 Å². The van der Waals surface area contributed by atoms with Crippen LogP contribution in [0.3, 0.4) is 0 Å². The van der Waals surface area contributed by atoms with Gasteiger partial charge in [0.1, 0.15) is 17.6 Å². The Hall–Kier alpha value is -4.29. The summed E-state index contributed by atoms with van der Waals surface area (Å²) < 4.78 is 0. The van der Waals surface area contributed by atoms with Gasteiger partial charge in [-0.15, -0.1) is 0 Å². The SMILES string of the molecule is CC(=O)N1c2ccc(-c3ccc(C(=O)NCCN(C)C)nc3)cc2C(Nc2ccc(C#N)cn2)CC1C. The molecule has 1 aliphatic rings. The van der Waals surface area contributed by atoms with E-state index in [9.17, 15) is 9.59 Å². The van der Waals surface area contributed by atoms with E-state index >= 15 is 0 Å². The van der Waals surface area contributed by atoms with E-state index in [1.807, 2.05) is 49.0 Å². The molecular weight excluding hydrogens is 466 g/mol. The second kappa shape index (κ2) is 11.2. The van der Waals surface area contributed by atoms with Gasteiger partial charge in [-0.05, 0) is 68.9 Å². The largest absolute Gasteiger partial charge is 0.363 e. The van der Waals surface area contributed by atoms with Crippen LogP contribution in [-0.2, 0) is 4.79 Å². The van der Waals surface area contributed by atoms with Gasteiger partial charge in [-0.1, -0.05) is 12.1 Å². The number of nitrogens with one attached hydrogen (secondary N) is 2. The Kier molecular flexibility index (Phi) is 7.80. The molecule has 2 N–H and O–H groups in total. The molecule has 0 saturated carbocycles.